The van der Waals surface area contributed by atoms with Crippen LogP contribution in [0.15, 0.2) is 27.6 Å². The highest BCUT2D eigenvalue weighted by molar-refractivity contribution is 9.10. The van der Waals surface area contributed by atoms with Gasteiger partial charge < -0.3 is 9.64 Å². The third kappa shape index (κ3) is 4.86. The zero-order chi connectivity index (χ0) is 14.3. The Kier molecular flexibility index (Phi) is 6.92. The van der Waals surface area contributed by atoms with Crippen LogP contribution in [0.25, 0.3) is 0 Å². The van der Waals surface area contributed by atoms with E-state index in [1.54, 1.807) is 30.2 Å². The number of benzene rings is 1. The lowest BCUT2D eigenvalue weighted by Crippen LogP contribution is -2.35. The molecule has 1 rings (SSSR count). The minimum absolute atomic E-state index is 0.134. The number of hydrogen-bond donors (Lipinski definition) is 1. The largest absolute Gasteiger partial charge is 0.383 e. The molecule has 0 unspecified atom stereocenters. The fraction of sp³-hybridized carbons (Fsp3) is 0.385. The van der Waals surface area contributed by atoms with E-state index in [1.807, 2.05) is 6.07 Å². The first kappa shape index (κ1) is 16.0. The molecule has 6 heteroatoms. The number of methoxy groups -OCH3 is 1. The topological polar surface area (TPSA) is 53.3 Å². The number of amides is 1. The van der Waals surface area contributed by atoms with Gasteiger partial charge in [0.15, 0.2) is 0 Å². The van der Waals surface area contributed by atoms with Crippen LogP contribution in [-0.4, -0.2) is 37.6 Å². The van der Waals surface area contributed by atoms with Crippen molar-refractivity contribution in [2.45, 2.75) is 11.3 Å². The summed E-state index contributed by atoms with van der Waals surface area (Å²) < 4.78 is 5.85. The molecule has 0 saturated carbocycles. The van der Waals surface area contributed by atoms with Gasteiger partial charge in [0.1, 0.15) is 0 Å². The minimum atomic E-state index is -0.134. The lowest BCUT2D eigenvalue weighted by Gasteiger charge is -2.22. The van der Waals surface area contributed by atoms with E-state index < -0.39 is 0 Å². The van der Waals surface area contributed by atoms with Crippen LogP contribution < -0.4 is 0 Å². The van der Waals surface area contributed by atoms with E-state index in [0.29, 0.717) is 36.6 Å². The summed E-state index contributed by atoms with van der Waals surface area (Å²) in [5.41, 5.74) is 0.528. The third-order valence-electron chi connectivity index (χ3n) is 2.54. The molecule has 0 spiro atoms. The third-order valence-corrected chi connectivity index (χ3v) is 3.40. The van der Waals surface area contributed by atoms with Crippen LogP contribution in [0.5, 0.6) is 0 Å². The standard InChI is InChI=1S/C13H15BrN2O2S/c1-18-8-7-16(6-2-5-15)13(17)11-4-3-10(14)9-12(11)19/h3-4,9,19H,2,6-8H2,1H3. The predicted molar refractivity (Wildman–Crippen MR) is 79.4 cm³/mol. The zero-order valence-corrected chi connectivity index (χ0v) is 13.1. The molecule has 0 fully saturated rings. The molecule has 0 heterocycles. The number of rotatable bonds is 6. The van der Waals surface area contributed by atoms with E-state index in [9.17, 15) is 4.79 Å². The molecule has 0 atom stereocenters. The smallest absolute Gasteiger partial charge is 0.255 e. The van der Waals surface area contributed by atoms with E-state index in [-0.39, 0.29) is 5.91 Å². The number of halogens is 1. The average Bonchev–Trinajstić information content (AvgIpc) is 2.38. The summed E-state index contributed by atoms with van der Waals surface area (Å²) in [5, 5.41) is 8.64. The SMILES string of the molecule is COCCN(CCC#N)C(=O)c1ccc(Br)cc1S. The quantitative estimate of drug-likeness (QED) is 0.808. The minimum Gasteiger partial charge on any atom is -0.383 e. The molecule has 1 amide bonds. The van der Waals surface area contributed by atoms with E-state index >= 15 is 0 Å². The van der Waals surface area contributed by atoms with Crippen molar-refractivity contribution in [3.05, 3.63) is 28.2 Å². The molecule has 0 radical (unpaired) electrons. The first-order chi connectivity index (χ1) is 9.10. The van der Waals surface area contributed by atoms with Crippen LogP contribution in [0.2, 0.25) is 0 Å². The van der Waals surface area contributed by atoms with Gasteiger partial charge in [-0.05, 0) is 18.2 Å². The van der Waals surface area contributed by atoms with Gasteiger partial charge in [0.25, 0.3) is 5.91 Å². The van der Waals surface area contributed by atoms with Crippen molar-refractivity contribution in [1.82, 2.24) is 4.90 Å². The molecule has 0 aliphatic carbocycles. The second-order valence-electron chi connectivity index (χ2n) is 3.85. The number of nitriles is 1. The van der Waals surface area contributed by atoms with Gasteiger partial charge >= 0.3 is 0 Å². The predicted octanol–water partition coefficient (Wildman–Crippen LogP) is 2.74. The molecule has 1 aromatic carbocycles. The zero-order valence-electron chi connectivity index (χ0n) is 10.6. The van der Waals surface area contributed by atoms with Gasteiger partial charge in [-0.2, -0.15) is 5.26 Å². The van der Waals surface area contributed by atoms with Gasteiger partial charge in [-0.1, -0.05) is 15.9 Å². The van der Waals surface area contributed by atoms with Crippen molar-refractivity contribution in [1.29, 1.82) is 5.26 Å². The van der Waals surface area contributed by atoms with Gasteiger partial charge in [-0.25, -0.2) is 0 Å². The summed E-state index contributed by atoms with van der Waals surface area (Å²) in [4.78, 5) is 14.6. The maximum Gasteiger partial charge on any atom is 0.255 e. The van der Waals surface area contributed by atoms with Gasteiger partial charge in [-0.15, -0.1) is 12.6 Å². The molecule has 0 aliphatic heterocycles. The molecule has 0 bridgehead atoms. The molecule has 1 aromatic rings. The first-order valence-corrected chi connectivity index (χ1v) is 6.98. The Morgan fingerprint density at radius 3 is 2.84 bits per heavy atom. The summed E-state index contributed by atoms with van der Waals surface area (Å²) in [6, 6.07) is 7.34. The van der Waals surface area contributed by atoms with Gasteiger partial charge in [-0.3, -0.25) is 4.79 Å². The Balaban J connectivity index is 2.88. The van der Waals surface area contributed by atoms with Crippen LogP contribution in [0.3, 0.4) is 0 Å². The average molecular weight is 343 g/mol. The van der Waals surface area contributed by atoms with Crippen molar-refractivity contribution in [3.63, 3.8) is 0 Å². The molecule has 0 saturated heterocycles. The van der Waals surface area contributed by atoms with Crippen LogP contribution in [0, 0.1) is 11.3 Å². The van der Waals surface area contributed by atoms with Crippen molar-refractivity contribution in [2.24, 2.45) is 0 Å². The molecular formula is C13H15BrN2O2S. The molecule has 19 heavy (non-hydrogen) atoms. The van der Waals surface area contributed by atoms with Gasteiger partial charge in [0.2, 0.25) is 0 Å². The maximum atomic E-state index is 12.4. The summed E-state index contributed by atoms with van der Waals surface area (Å²) in [5.74, 6) is -0.134. The molecule has 0 aromatic heterocycles. The van der Waals surface area contributed by atoms with Crippen LogP contribution in [0.4, 0.5) is 0 Å². The lowest BCUT2D eigenvalue weighted by atomic mass is 10.2. The fourth-order valence-electron chi connectivity index (χ4n) is 1.56. The van der Waals surface area contributed by atoms with Crippen LogP contribution in [0.1, 0.15) is 16.8 Å². The normalized spacial score (nSPS) is 10.0. The number of thiol groups is 1. The van der Waals surface area contributed by atoms with Crippen molar-refractivity contribution in [2.75, 3.05) is 26.8 Å². The summed E-state index contributed by atoms with van der Waals surface area (Å²) in [6.45, 7) is 1.29. The summed E-state index contributed by atoms with van der Waals surface area (Å²) in [6.07, 6.45) is 0.299. The second kappa shape index (κ2) is 8.20. The Labute approximate surface area is 126 Å². The number of ether oxygens (including phenoxy) is 1. The molecular weight excluding hydrogens is 328 g/mol. The lowest BCUT2D eigenvalue weighted by molar-refractivity contribution is 0.0696. The highest BCUT2D eigenvalue weighted by atomic mass is 79.9. The summed E-state index contributed by atoms with van der Waals surface area (Å²) in [7, 11) is 1.58. The van der Waals surface area contributed by atoms with Crippen molar-refractivity contribution < 1.29 is 9.53 Å². The van der Waals surface area contributed by atoms with Crippen LogP contribution >= 0.6 is 28.6 Å². The molecule has 0 aliphatic rings. The Bertz CT molecular complexity index is 488. The van der Waals surface area contributed by atoms with E-state index in [1.165, 1.54) is 0 Å². The number of nitrogens with zero attached hydrogens (tertiary/aromatic N) is 2. The maximum absolute atomic E-state index is 12.4. The number of carbonyl (C=O) groups is 1. The monoisotopic (exact) mass is 342 g/mol. The van der Waals surface area contributed by atoms with E-state index in [4.69, 9.17) is 10.00 Å². The highest BCUT2D eigenvalue weighted by Gasteiger charge is 2.17. The Morgan fingerprint density at radius 2 is 2.26 bits per heavy atom. The van der Waals surface area contributed by atoms with Crippen LogP contribution in [-0.2, 0) is 4.74 Å². The van der Waals surface area contributed by atoms with Gasteiger partial charge in [0.05, 0.1) is 24.7 Å². The van der Waals surface area contributed by atoms with E-state index in [2.05, 4.69) is 28.6 Å². The Hall–Kier alpha value is -1.03. The van der Waals surface area contributed by atoms with Crippen molar-refractivity contribution in [3.8, 4) is 6.07 Å². The number of carbonyl (C=O) groups excluding carboxylic acids is 1. The van der Waals surface area contributed by atoms with E-state index in [0.717, 1.165) is 4.47 Å². The number of hydrogen-bond acceptors (Lipinski definition) is 4. The van der Waals surface area contributed by atoms with Gasteiger partial charge in [0, 0.05) is 29.6 Å². The molecule has 0 N–H and O–H groups in total. The summed E-state index contributed by atoms with van der Waals surface area (Å²) >= 11 is 7.64. The second-order valence-corrected chi connectivity index (χ2v) is 5.25. The molecule has 4 nitrogen and oxygen atoms in total. The Morgan fingerprint density at radius 1 is 1.53 bits per heavy atom. The molecule has 102 valence electrons. The highest BCUT2D eigenvalue weighted by Crippen LogP contribution is 2.21. The fourth-order valence-corrected chi connectivity index (χ4v) is 2.40. The van der Waals surface area contributed by atoms with Crippen molar-refractivity contribution >= 4 is 34.5 Å². The first-order valence-electron chi connectivity index (χ1n) is 5.73.